The third-order valence-electron chi connectivity index (χ3n) is 12.4. The van der Waals surface area contributed by atoms with E-state index < -0.39 is 37.0 Å². The van der Waals surface area contributed by atoms with Gasteiger partial charge in [-0.05, 0) is 79.7 Å². The van der Waals surface area contributed by atoms with E-state index in [0.29, 0.717) is 16.9 Å². The Morgan fingerprint density at radius 3 is 1.39 bits per heavy atom. The van der Waals surface area contributed by atoms with Crippen molar-refractivity contribution in [2.24, 2.45) is 0 Å². The first kappa shape index (κ1) is 56.7. The molecule has 0 aliphatic heterocycles. The molecule has 12 heteroatoms. The maximum absolute atomic E-state index is 13.8. The van der Waals surface area contributed by atoms with E-state index in [-0.39, 0.29) is 65.9 Å². The molecule has 0 bridgehead atoms. The minimum atomic E-state index is -2.79. The Hall–Kier alpha value is -8.04. The number of carbonyl (C=O) groups is 1. The van der Waals surface area contributed by atoms with Crippen molar-refractivity contribution in [1.82, 2.24) is 0 Å². The van der Waals surface area contributed by atoms with Gasteiger partial charge in [0.2, 0.25) is 5.78 Å². The minimum absolute atomic E-state index is 0. The van der Waals surface area contributed by atoms with Gasteiger partial charge in [-0.25, -0.2) is 9.64 Å². The molecule has 9 aromatic carbocycles. The number of para-hydroxylation sites is 1. The van der Waals surface area contributed by atoms with E-state index in [4.69, 9.17) is 16.3 Å². The fourth-order valence-corrected chi connectivity index (χ4v) is 13.9. The van der Waals surface area contributed by atoms with Crippen molar-refractivity contribution in [2.45, 2.75) is 6.92 Å². The number of ketones is 1. The molecule has 1 aromatic heterocycles. The number of rotatable bonds is 12. The van der Waals surface area contributed by atoms with Crippen LogP contribution in [0.25, 0.3) is 15.8 Å². The topological polar surface area (TPSA) is 133 Å². The summed E-state index contributed by atoms with van der Waals surface area (Å²) < 4.78 is 32.7. The van der Waals surface area contributed by atoms with Crippen LogP contribution in [0.2, 0.25) is 0 Å². The van der Waals surface area contributed by atoms with Crippen molar-refractivity contribution in [3.63, 3.8) is 0 Å². The molecule has 0 fully saturated rings. The molecule has 77 heavy (non-hydrogen) atoms. The molecule has 0 atom stereocenters. The monoisotopic (exact) mass is 1180 g/mol. The van der Waals surface area contributed by atoms with E-state index in [0.717, 1.165) is 43.2 Å². The zero-order chi connectivity index (χ0) is 53.5. The summed E-state index contributed by atoms with van der Waals surface area (Å²) >= 11 is 0. The van der Waals surface area contributed by atoms with Crippen LogP contribution in [0.3, 0.4) is 0 Å². The largest absolute Gasteiger partial charge is 0.506 e. The Kier molecular flexibility index (Phi) is 19.6. The zero-order valence-electron chi connectivity index (χ0n) is 41.6. The van der Waals surface area contributed by atoms with Crippen LogP contribution in [0.15, 0.2) is 282 Å². The predicted molar refractivity (Wildman–Crippen MR) is 309 cm³/mol. The van der Waals surface area contributed by atoms with Crippen molar-refractivity contribution in [3.8, 4) is 11.8 Å². The van der Waals surface area contributed by atoms with Gasteiger partial charge in [0.05, 0.1) is 23.6 Å². The van der Waals surface area contributed by atoms with Crippen molar-refractivity contribution in [2.75, 3.05) is 4.90 Å². The molecule has 1 radical (unpaired) electrons. The third-order valence-corrected chi connectivity index (χ3v) is 18.7. The molecular formula is C65H49EuN3O6P2. The van der Waals surface area contributed by atoms with Gasteiger partial charge >= 0.3 is 5.63 Å². The molecule has 0 aliphatic carbocycles. The number of hydrogen-bond donors (Lipinski definition) is 1. The first-order valence-corrected chi connectivity index (χ1v) is 27.4. The Morgan fingerprint density at radius 2 is 0.987 bits per heavy atom. The number of aromatic hydroxyl groups is 1. The van der Waals surface area contributed by atoms with Crippen LogP contribution in [0.5, 0.6) is 5.75 Å². The second kappa shape index (κ2) is 26.6. The molecule has 0 saturated carbocycles. The number of nitrogens with zero attached hydrogens (tertiary/aromatic N) is 3. The normalized spacial score (nSPS) is 10.9. The average molecular weight is 1180 g/mol. The quantitative estimate of drug-likeness (QED) is 0.0420. The number of fused-ring (bicyclic) bond motifs is 1. The van der Waals surface area contributed by atoms with Gasteiger partial charge in [-0.1, -0.05) is 195 Å². The number of nitriles is 1. The summed E-state index contributed by atoms with van der Waals surface area (Å²) in [6.45, 7) is 12.9. The minimum Gasteiger partial charge on any atom is -0.506 e. The van der Waals surface area contributed by atoms with E-state index in [1.165, 1.54) is 0 Å². The molecule has 0 saturated heterocycles. The zero-order valence-corrected chi connectivity index (χ0v) is 45.8. The average Bonchev–Trinajstić information content (AvgIpc) is 3.50. The van der Waals surface area contributed by atoms with Gasteiger partial charge in [-0.15, -0.1) is 0 Å². The summed E-state index contributed by atoms with van der Waals surface area (Å²) in [5.74, 6) is -1.07. The van der Waals surface area contributed by atoms with Crippen molar-refractivity contribution >= 4 is 80.3 Å². The van der Waals surface area contributed by atoms with Gasteiger partial charge in [0.25, 0.3) is 0 Å². The molecule has 0 amide bonds. The third kappa shape index (κ3) is 12.6. The van der Waals surface area contributed by atoms with Gasteiger partial charge in [0.1, 0.15) is 11.3 Å². The standard InChI is InChI=1S/C30H17N3O4.C18H15OP.C17H17OP.Eu/c1-32-21-10-16-24(17-11-21)33(22-12-6-19(18-31)7-13-22)23-14-8-20(9-15-23)28(34)27-29(35)25-4-2-3-5-26(25)37-30(27)36;19-20(16-10-4-1-5-11-16,17-12-6-2-7-13-17)18-14-8-3-9-15-18;1-3-15(4-2)19(18,16-11-7-5-8-12-16)17-13-9-6-10-14-17;/h2-17,35H;1-15H;3-14H,1H2,2H3;/b;;15-4+;. The Labute approximate surface area is 488 Å². The predicted octanol–water partition coefficient (Wildman–Crippen LogP) is 14.0. The number of carbonyl (C=O) groups excluding carboxylic acids is 1. The Balaban J connectivity index is 0.000000182. The Morgan fingerprint density at radius 1 is 0.597 bits per heavy atom. The van der Waals surface area contributed by atoms with Gasteiger partial charge in [-0.3, -0.25) is 4.79 Å². The fourth-order valence-electron chi connectivity index (χ4n) is 8.56. The first-order chi connectivity index (χ1) is 37.0. The molecule has 10 rings (SSSR count). The number of benzene rings is 9. The second-order valence-electron chi connectivity index (χ2n) is 16.9. The van der Waals surface area contributed by atoms with E-state index in [1.807, 2.05) is 182 Å². The van der Waals surface area contributed by atoms with Crippen LogP contribution < -0.4 is 37.0 Å². The van der Waals surface area contributed by atoms with Crippen molar-refractivity contribution in [3.05, 3.63) is 311 Å². The van der Waals surface area contributed by atoms with E-state index in [2.05, 4.69) is 17.5 Å². The summed E-state index contributed by atoms with van der Waals surface area (Å²) in [5.41, 5.74) is 2.30. The molecule has 9 nitrogen and oxygen atoms in total. The Bertz CT molecular complexity index is 3700. The maximum atomic E-state index is 13.8. The number of anilines is 3. The molecule has 377 valence electrons. The molecule has 0 aliphatic rings. The summed E-state index contributed by atoms with van der Waals surface area (Å²) in [6, 6.07) is 77.5. The van der Waals surface area contributed by atoms with Crippen LogP contribution in [0.1, 0.15) is 28.4 Å². The van der Waals surface area contributed by atoms with Gasteiger partial charge in [0.15, 0.2) is 25.5 Å². The first-order valence-electron chi connectivity index (χ1n) is 24.0. The number of hydrogen-bond acceptors (Lipinski definition) is 8. The smallest absolute Gasteiger partial charge is 0.351 e. The summed E-state index contributed by atoms with van der Waals surface area (Å²) in [6.07, 6.45) is 3.58. The number of allylic oxidation sites excluding steroid dienone is 3. The SMILES string of the molecule is C=C/C(=C\C)P(=O)(c1ccccc1)c1ccccc1.O=P(c1ccccc1)(c1ccccc1)c1ccccc1.[C-]#[N+]c1ccc(N(c2ccc(C#N)cc2)c2ccc(C(=O)c3c(O)c4ccccc4oc3=O)cc2)cc1.[Eu]. The van der Waals surface area contributed by atoms with Crippen LogP contribution in [0, 0.1) is 67.3 Å². The molecular weight excluding hydrogens is 1130 g/mol. The van der Waals surface area contributed by atoms with Gasteiger partial charge < -0.3 is 23.6 Å². The maximum Gasteiger partial charge on any atom is 0.351 e. The van der Waals surface area contributed by atoms with Crippen LogP contribution in [-0.4, -0.2) is 10.9 Å². The fraction of sp³-hybridized carbons (Fsp3) is 0.0154. The van der Waals surface area contributed by atoms with Crippen LogP contribution >= 0.6 is 14.3 Å². The molecule has 1 N–H and O–H groups in total. The summed E-state index contributed by atoms with van der Waals surface area (Å²) in [4.78, 5) is 31.1. The van der Waals surface area contributed by atoms with Crippen LogP contribution in [0.4, 0.5) is 22.7 Å². The van der Waals surface area contributed by atoms with Crippen LogP contribution in [-0.2, 0) is 9.13 Å². The van der Waals surface area contributed by atoms with Crippen molar-refractivity contribution in [1.29, 1.82) is 5.26 Å². The van der Waals surface area contributed by atoms with E-state index in [9.17, 15) is 23.8 Å². The van der Waals surface area contributed by atoms with Gasteiger partial charge in [0, 0.05) is 104 Å². The van der Waals surface area contributed by atoms with Gasteiger partial charge in [-0.2, -0.15) is 5.26 Å². The molecule has 0 unspecified atom stereocenters. The van der Waals surface area contributed by atoms with E-state index in [1.54, 1.807) is 91.0 Å². The molecule has 1 heterocycles. The van der Waals surface area contributed by atoms with Crippen molar-refractivity contribution < 1.29 is 72.8 Å². The molecule has 0 spiro atoms. The summed E-state index contributed by atoms with van der Waals surface area (Å²) in [7, 11) is -5.57. The second-order valence-corrected chi connectivity index (χ2v) is 22.5. The summed E-state index contributed by atoms with van der Waals surface area (Å²) in [5, 5.41) is 25.2. The molecule has 10 aromatic rings. The van der Waals surface area contributed by atoms with E-state index >= 15 is 0 Å².